The molecule has 0 fully saturated rings. The molecule has 0 N–H and O–H groups in total. The zero-order valence-electron chi connectivity index (χ0n) is 21.7. The largest absolute Gasteiger partial charge is 0.311 e. The molecule has 0 saturated heterocycles. The van der Waals surface area contributed by atoms with Crippen LogP contribution in [0.5, 0.6) is 0 Å². The van der Waals surface area contributed by atoms with Gasteiger partial charge in [0, 0.05) is 55.0 Å². The predicted molar refractivity (Wildman–Crippen MR) is 172 cm³/mol. The van der Waals surface area contributed by atoms with E-state index in [1.165, 1.54) is 52.8 Å². The number of para-hydroxylation sites is 2. The number of hydrogen-bond donors (Lipinski definition) is 0. The molecule has 2 aromatic heterocycles. The van der Waals surface area contributed by atoms with E-state index in [0.29, 0.717) is 0 Å². The van der Waals surface area contributed by atoms with Crippen LogP contribution in [0.3, 0.4) is 0 Å². The number of nitrogens with zero attached hydrogens (tertiary/aromatic N) is 2. The molecule has 0 bridgehead atoms. The Labute approximate surface area is 236 Å². The van der Waals surface area contributed by atoms with Crippen molar-refractivity contribution >= 4 is 70.1 Å². The SMILES string of the molecule is c1ccc(N(c2ccccc2)c2ccc(-c3cc4cc5sc6ccccc6c5cc4c4ccncc34)cc2)cc1. The van der Waals surface area contributed by atoms with Gasteiger partial charge in [0.15, 0.2) is 0 Å². The molecule has 3 heteroatoms. The van der Waals surface area contributed by atoms with Gasteiger partial charge < -0.3 is 4.90 Å². The minimum Gasteiger partial charge on any atom is -0.311 e. The molecule has 0 spiro atoms. The fraction of sp³-hybridized carbons (Fsp3) is 0. The molecule has 0 aliphatic carbocycles. The molecular formula is C37H24N2S. The quantitative estimate of drug-likeness (QED) is 0.211. The molecule has 0 unspecified atom stereocenters. The van der Waals surface area contributed by atoms with Gasteiger partial charge >= 0.3 is 0 Å². The van der Waals surface area contributed by atoms with Crippen molar-refractivity contribution in [3.05, 3.63) is 146 Å². The van der Waals surface area contributed by atoms with Gasteiger partial charge in [0.2, 0.25) is 0 Å². The Morgan fingerprint density at radius 2 is 1.15 bits per heavy atom. The first kappa shape index (κ1) is 22.9. The zero-order valence-corrected chi connectivity index (χ0v) is 22.5. The standard InChI is InChI=1S/C37H24N2S/c1-3-9-27(10-4-1)39(28-11-5-2-6-12-28)29-17-15-25(16-18-29)32-21-26-22-37-34(31-13-7-8-14-36(31)40-37)23-33(26)30-19-20-38-24-35(30)32/h1-24H. The van der Waals surface area contributed by atoms with Crippen LogP contribution in [0.1, 0.15) is 0 Å². The van der Waals surface area contributed by atoms with Crippen LogP contribution >= 0.6 is 11.3 Å². The number of rotatable bonds is 4. The van der Waals surface area contributed by atoms with Gasteiger partial charge in [-0.25, -0.2) is 0 Å². The summed E-state index contributed by atoms with van der Waals surface area (Å²) in [5.41, 5.74) is 5.77. The number of anilines is 3. The molecule has 0 saturated carbocycles. The summed E-state index contributed by atoms with van der Waals surface area (Å²) in [4.78, 5) is 6.82. The Morgan fingerprint density at radius 1 is 0.475 bits per heavy atom. The number of thiophene rings is 1. The van der Waals surface area contributed by atoms with Gasteiger partial charge in [-0.1, -0.05) is 66.7 Å². The maximum Gasteiger partial charge on any atom is 0.0462 e. The summed E-state index contributed by atoms with van der Waals surface area (Å²) >= 11 is 1.87. The highest BCUT2D eigenvalue weighted by Gasteiger charge is 2.15. The van der Waals surface area contributed by atoms with Crippen molar-refractivity contribution in [3.63, 3.8) is 0 Å². The smallest absolute Gasteiger partial charge is 0.0462 e. The molecule has 0 aliphatic rings. The van der Waals surface area contributed by atoms with Crippen LogP contribution in [0, 0.1) is 0 Å². The van der Waals surface area contributed by atoms with E-state index in [2.05, 4.69) is 143 Å². The zero-order chi connectivity index (χ0) is 26.5. The van der Waals surface area contributed by atoms with Crippen LogP contribution in [0.25, 0.3) is 52.8 Å². The van der Waals surface area contributed by atoms with Crippen molar-refractivity contribution in [2.75, 3.05) is 4.90 Å². The van der Waals surface area contributed by atoms with E-state index in [4.69, 9.17) is 0 Å². The summed E-state index contributed by atoms with van der Waals surface area (Å²) in [5.74, 6) is 0. The summed E-state index contributed by atoms with van der Waals surface area (Å²) in [6.07, 6.45) is 3.91. The highest BCUT2D eigenvalue weighted by molar-refractivity contribution is 7.25. The summed E-state index contributed by atoms with van der Waals surface area (Å²) < 4.78 is 2.65. The Hall–Kier alpha value is -4.99. The molecule has 2 nitrogen and oxygen atoms in total. The van der Waals surface area contributed by atoms with E-state index >= 15 is 0 Å². The molecule has 8 rings (SSSR count). The van der Waals surface area contributed by atoms with Gasteiger partial charge in [-0.05, 0) is 94.0 Å². The maximum absolute atomic E-state index is 4.53. The first-order valence-corrected chi connectivity index (χ1v) is 14.3. The van der Waals surface area contributed by atoms with Crippen molar-refractivity contribution in [1.29, 1.82) is 0 Å². The highest BCUT2D eigenvalue weighted by Crippen LogP contribution is 2.42. The van der Waals surface area contributed by atoms with Crippen LogP contribution in [-0.2, 0) is 0 Å². The third-order valence-electron chi connectivity index (χ3n) is 7.72. The Kier molecular flexibility index (Phi) is 5.35. The van der Waals surface area contributed by atoms with Gasteiger partial charge in [0.05, 0.1) is 0 Å². The van der Waals surface area contributed by atoms with Crippen LogP contribution in [-0.4, -0.2) is 4.98 Å². The predicted octanol–water partition coefficient (Wildman–Crippen LogP) is 10.9. The van der Waals surface area contributed by atoms with Crippen molar-refractivity contribution in [3.8, 4) is 11.1 Å². The van der Waals surface area contributed by atoms with Crippen molar-refractivity contribution < 1.29 is 0 Å². The molecule has 188 valence electrons. The molecule has 2 heterocycles. The van der Waals surface area contributed by atoms with E-state index in [9.17, 15) is 0 Å². The van der Waals surface area contributed by atoms with Crippen molar-refractivity contribution in [2.24, 2.45) is 0 Å². The minimum absolute atomic E-state index is 1.12. The van der Waals surface area contributed by atoms with Crippen LogP contribution in [0.4, 0.5) is 17.1 Å². The second kappa shape index (κ2) is 9.33. The minimum atomic E-state index is 1.12. The second-order valence-corrected chi connectivity index (χ2v) is 11.2. The Bertz CT molecular complexity index is 2110. The average molecular weight is 529 g/mol. The lowest BCUT2D eigenvalue weighted by Crippen LogP contribution is -2.09. The van der Waals surface area contributed by atoms with Crippen LogP contribution in [0.15, 0.2) is 146 Å². The number of pyridine rings is 1. The fourth-order valence-corrected chi connectivity index (χ4v) is 6.98. The van der Waals surface area contributed by atoms with E-state index < -0.39 is 0 Å². The summed E-state index contributed by atoms with van der Waals surface area (Å²) in [5, 5.41) is 7.58. The van der Waals surface area contributed by atoms with Crippen LogP contribution in [0.2, 0.25) is 0 Å². The van der Waals surface area contributed by atoms with Gasteiger partial charge in [0.1, 0.15) is 0 Å². The van der Waals surface area contributed by atoms with E-state index in [0.717, 1.165) is 17.1 Å². The topological polar surface area (TPSA) is 16.1 Å². The Balaban J connectivity index is 1.30. The van der Waals surface area contributed by atoms with E-state index in [1.54, 1.807) is 0 Å². The third kappa shape index (κ3) is 3.75. The van der Waals surface area contributed by atoms with Crippen molar-refractivity contribution in [2.45, 2.75) is 0 Å². The molecule has 0 amide bonds. The lowest BCUT2D eigenvalue weighted by Gasteiger charge is -2.25. The van der Waals surface area contributed by atoms with E-state index in [1.807, 2.05) is 23.7 Å². The normalized spacial score (nSPS) is 11.5. The summed E-state index contributed by atoms with van der Waals surface area (Å²) in [6, 6.07) is 47.9. The number of fused-ring (bicyclic) bond motifs is 6. The number of aromatic nitrogens is 1. The van der Waals surface area contributed by atoms with Gasteiger partial charge in [-0.2, -0.15) is 0 Å². The summed E-state index contributed by atoms with van der Waals surface area (Å²) in [7, 11) is 0. The fourth-order valence-electron chi connectivity index (χ4n) is 5.85. The maximum atomic E-state index is 4.53. The van der Waals surface area contributed by atoms with Crippen molar-refractivity contribution in [1.82, 2.24) is 4.98 Å². The molecule has 0 atom stereocenters. The monoisotopic (exact) mass is 528 g/mol. The third-order valence-corrected chi connectivity index (χ3v) is 8.85. The van der Waals surface area contributed by atoms with Gasteiger partial charge in [-0.15, -0.1) is 11.3 Å². The average Bonchev–Trinajstić information content (AvgIpc) is 3.39. The molecule has 0 radical (unpaired) electrons. The lowest BCUT2D eigenvalue weighted by molar-refractivity contribution is 1.28. The van der Waals surface area contributed by atoms with E-state index in [-0.39, 0.29) is 0 Å². The lowest BCUT2D eigenvalue weighted by atomic mass is 9.93. The number of hydrogen-bond acceptors (Lipinski definition) is 3. The molecular weight excluding hydrogens is 504 g/mol. The highest BCUT2D eigenvalue weighted by atomic mass is 32.1. The number of benzene rings is 6. The second-order valence-electron chi connectivity index (χ2n) is 10.1. The molecule has 40 heavy (non-hydrogen) atoms. The van der Waals surface area contributed by atoms with Gasteiger partial charge in [0.25, 0.3) is 0 Å². The van der Waals surface area contributed by atoms with Gasteiger partial charge in [-0.3, -0.25) is 4.98 Å². The molecule has 8 aromatic rings. The molecule has 6 aromatic carbocycles. The first-order valence-electron chi connectivity index (χ1n) is 13.5. The summed E-state index contributed by atoms with van der Waals surface area (Å²) in [6.45, 7) is 0. The Morgan fingerprint density at radius 3 is 1.90 bits per heavy atom. The molecule has 0 aliphatic heterocycles. The van der Waals surface area contributed by atoms with Crippen LogP contribution < -0.4 is 4.90 Å². The first-order chi connectivity index (χ1) is 19.8.